The minimum atomic E-state index is -0.183. The number of benzene rings is 1. The molecule has 0 spiro atoms. The second-order valence-corrected chi connectivity index (χ2v) is 5.92. The third kappa shape index (κ3) is 3.85. The highest BCUT2D eigenvalue weighted by Crippen LogP contribution is 2.26. The number of nitrogens with zero attached hydrogens (tertiary/aromatic N) is 3. The summed E-state index contributed by atoms with van der Waals surface area (Å²) in [5, 5.41) is 10.8. The van der Waals surface area contributed by atoms with Crippen LogP contribution >= 0.6 is 11.8 Å². The van der Waals surface area contributed by atoms with Crippen LogP contribution in [0.25, 0.3) is 0 Å². The summed E-state index contributed by atoms with van der Waals surface area (Å²) in [6.45, 7) is 2.58. The lowest BCUT2D eigenvalue weighted by molar-refractivity contribution is -0.120. The number of aromatic nitrogens is 3. The summed E-state index contributed by atoms with van der Waals surface area (Å²) in [6.07, 6.45) is 3.62. The van der Waals surface area contributed by atoms with Gasteiger partial charge in [-0.15, -0.1) is 22.0 Å². The monoisotopic (exact) mass is 304 g/mol. The lowest BCUT2D eigenvalue weighted by Crippen LogP contribution is -2.31. The Labute approximate surface area is 129 Å². The van der Waals surface area contributed by atoms with Gasteiger partial charge >= 0.3 is 0 Å². The van der Waals surface area contributed by atoms with Crippen molar-refractivity contribution in [1.29, 1.82) is 0 Å². The molecule has 0 aliphatic carbocycles. The highest BCUT2D eigenvalue weighted by molar-refractivity contribution is 7.99. The van der Waals surface area contributed by atoms with Crippen LogP contribution in [0.15, 0.2) is 36.7 Å². The van der Waals surface area contributed by atoms with E-state index >= 15 is 0 Å². The molecule has 5 nitrogen and oxygen atoms in total. The second kappa shape index (κ2) is 7.26. The van der Waals surface area contributed by atoms with Crippen LogP contribution in [0.4, 0.5) is 0 Å². The molecule has 0 aliphatic rings. The molecule has 1 aromatic heterocycles. The third-order valence-electron chi connectivity index (χ3n) is 3.35. The van der Waals surface area contributed by atoms with Crippen molar-refractivity contribution in [3.8, 4) is 0 Å². The quantitative estimate of drug-likeness (QED) is 0.888. The zero-order valence-electron chi connectivity index (χ0n) is 12.5. The molecule has 0 radical (unpaired) electrons. The van der Waals surface area contributed by atoms with Crippen LogP contribution in [-0.2, 0) is 11.8 Å². The topological polar surface area (TPSA) is 59.8 Å². The average Bonchev–Trinajstić information content (AvgIpc) is 2.93. The van der Waals surface area contributed by atoms with Gasteiger partial charge in [0, 0.05) is 19.5 Å². The molecule has 6 heteroatoms. The van der Waals surface area contributed by atoms with E-state index in [9.17, 15) is 4.79 Å². The molecule has 1 aromatic carbocycles. The first-order chi connectivity index (χ1) is 10.1. The van der Waals surface area contributed by atoms with Crippen LogP contribution in [0, 0.1) is 0 Å². The number of carbonyl (C=O) groups excluding carboxylic acids is 1. The molecule has 0 bridgehead atoms. The first-order valence-electron chi connectivity index (χ1n) is 6.82. The lowest BCUT2D eigenvalue weighted by Gasteiger charge is -2.17. The molecule has 0 saturated carbocycles. The summed E-state index contributed by atoms with van der Waals surface area (Å²) in [6, 6.07) is 9.82. The molecule has 0 unspecified atom stereocenters. The summed E-state index contributed by atoms with van der Waals surface area (Å²) >= 11 is 1.54. The average molecular weight is 304 g/mol. The van der Waals surface area contributed by atoms with Crippen molar-refractivity contribution < 1.29 is 4.79 Å². The van der Waals surface area contributed by atoms with Gasteiger partial charge in [0.2, 0.25) is 5.91 Å². The van der Waals surface area contributed by atoms with Gasteiger partial charge in [-0.3, -0.25) is 4.79 Å². The van der Waals surface area contributed by atoms with E-state index in [1.807, 2.05) is 55.1 Å². The zero-order valence-corrected chi connectivity index (χ0v) is 13.3. The fraction of sp³-hybridized carbons (Fsp3) is 0.400. The first-order valence-corrected chi connectivity index (χ1v) is 8.11. The molecular formula is C15H20N4OS. The van der Waals surface area contributed by atoms with Crippen LogP contribution < -0.4 is 5.32 Å². The van der Waals surface area contributed by atoms with Gasteiger partial charge in [0.1, 0.15) is 17.4 Å². The minimum absolute atomic E-state index is 0.0303. The van der Waals surface area contributed by atoms with E-state index in [4.69, 9.17) is 0 Å². The van der Waals surface area contributed by atoms with E-state index in [0.717, 1.165) is 11.4 Å². The molecule has 0 aliphatic heterocycles. The van der Waals surface area contributed by atoms with Crippen molar-refractivity contribution in [2.75, 3.05) is 12.8 Å². The Kier molecular flexibility index (Phi) is 5.38. The number of hydrogen-bond acceptors (Lipinski definition) is 4. The molecule has 1 heterocycles. The molecule has 0 fully saturated rings. The normalized spacial score (nSPS) is 13.7. The van der Waals surface area contributed by atoms with E-state index in [2.05, 4.69) is 15.5 Å². The molecule has 2 atom stereocenters. The van der Waals surface area contributed by atoms with Crippen LogP contribution in [-0.4, -0.2) is 33.5 Å². The van der Waals surface area contributed by atoms with Crippen molar-refractivity contribution in [3.05, 3.63) is 48.0 Å². The van der Waals surface area contributed by atoms with Gasteiger partial charge < -0.3 is 9.88 Å². The Hall–Kier alpha value is -1.82. The van der Waals surface area contributed by atoms with E-state index in [1.165, 1.54) is 11.8 Å². The van der Waals surface area contributed by atoms with Crippen LogP contribution in [0.3, 0.4) is 0 Å². The Morgan fingerprint density at radius 3 is 2.67 bits per heavy atom. The van der Waals surface area contributed by atoms with Crippen molar-refractivity contribution in [3.63, 3.8) is 0 Å². The summed E-state index contributed by atoms with van der Waals surface area (Å²) in [4.78, 5) is 12.4. The highest BCUT2D eigenvalue weighted by atomic mass is 32.2. The SMILES string of the molecule is CS[C@@H](C(=O)NC[C@@H](C)c1nncn1C)c1ccccc1. The number of hydrogen-bond donors (Lipinski definition) is 1. The molecular weight excluding hydrogens is 284 g/mol. The molecule has 0 saturated heterocycles. The zero-order chi connectivity index (χ0) is 15.2. The first kappa shape index (κ1) is 15.6. The molecule has 2 rings (SSSR count). The standard InChI is InChI=1S/C15H20N4OS/c1-11(14-18-17-10-19(14)2)9-16-15(20)13(21-3)12-7-5-4-6-8-12/h4-8,10-11,13H,9H2,1-3H3,(H,16,20)/t11-,13-/m1/s1. The predicted octanol–water partition coefficient (Wildman–Crippen LogP) is 2.14. The summed E-state index contributed by atoms with van der Waals surface area (Å²) < 4.78 is 1.88. The molecule has 21 heavy (non-hydrogen) atoms. The van der Waals surface area contributed by atoms with E-state index < -0.39 is 0 Å². The van der Waals surface area contributed by atoms with Crippen molar-refractivity contribution in [1.82, 2.24) is 20.1 Å². The highest BCUT2D eigenvalue weighted by Gasteiger charge is 2.20. The van der Waals surface area contributed by atoms with Gasteiger partial charge in [-0.2, -0.15) is 0 Å². The van der Waals surface area contributed by atoms with E-state index in [-0.39, 0.29) is 17.1 Å². The maximum Gasteiger partial charge on any atom is 0.237 e. The number of nitrogens with one attached hydrogen (secondary N) is 1. The number of thioether (sulfide) groups is 1. The lowest BCUT2D eigenvalue weighted by atomic mass is 10.1. The number of aryl methyl sites for hydroxylation is 1. The maximum atomic E-state index is 12.4. The second-order valence-electron chi connectivity index (χ2n) is 4.97. The molecule has 2 aromatic rings. The summed E-state index contributed by atoms with van der Waals surface area (Å²) in [5.74, 6) is 1.03. The van der Waals surface area contributed by atoms with Crippen molar-refractivity contribution >= 4 is 17.7 Å². The Bertz CT molecular complexity index is 584. The number of carbonyl (C=O) groups is 1. The molecule has 112 valence electrons. The van der Waals surface area contributed by atoms with Crippen LogP contribution in [0.5, 0.6) is 0 Å². The van der Waals surface area contributed by atoms with E-state index in [0.29, 0.717) is 6.54 Å². The van der Waals surface area contributed by atoms with Gasteiger partial charge in [0.15, 0.2) is 0 Å². The Morgan fingerprint density at radius 1 is 1.38 bits per heavy atom. The molecule has 1 N–H and O–H groups in total. The largest absolute Gasteiger partial charge is 0.354 e. The summed E-state index contributed by atoms with van der Waals surface area (Å²) in [7, 11) is 1.91. The van der Waals surface area contributed by atoms with Gasteiger partial charge in [-0.05, 0) is 11.8 Å². The number of amides is 1. The van der Waals surface area contributed by atoms with E-state index in [1.54, 1.807) is 6.33 Å². The third-order valence-corrected chi connectivity index (χ3v) is 4.30. The van der Waals surface area contributed by atoms with Gasteiger partial charge in [0.25, 0.3) is 0 Å². The van der Waals surface area contributed by atoms with Crippen LogP contribution in [0.2, 0.25) is 0 Å². The predicted molar refractivity (Wildman–Crippen MR) is 85.1 cm³/mol. The smallest absolute Gasteiger partial charge is 0.237 e. The maximum absolute atomic E-state index is 12.4. The van der Waals surface area contributed by atoms with Gasteiger partial charge in [-0.1, -0.05) is 37.3 Å². The van der Waals surface area contributed by atoms with Gasteiger partial charge in [-0.25, -0.2) is 0 Å². The van der Waals surface area contributed by atoms with Crippen LogP contribution in [0.1, 0.15) is 29.5 Å². The fourth-order valence-electron chi connectivity index (χ4n) is 2.20. The summed E-state index contributed by atoms with van der Waals surface area (Å²) in [5.41, 5.74) is 1.02. The Balaban J connectivity index is 1.96. The minimum Gasteiger partial charge on any atom is -0.354 e. The molecule has 1 amide bonds. The number of rotatable bonds is 6. The fourth-order valence-corrected chi connectivity index (χ4v) is 2.93. The van der Waals surface area contributed by atoms with Crippen molar-refractivity contribution in [2.24, 2.45) is 7.05 Å². The van der Waals surface area contributed by atoms with Crippen molar-refractivity contribution in [2.45, 2.75) is 18.1 Å². The van der Waals surface area contributed by atoms with Gasteiger partial charge in [0.05, 0.1) is 0 Å². The Morgan fingerprint density at radius 2 is 2.10 bits per heavy atom.